The van der Waals surface area contributed by atoms with E-state index in [2.05, 4.69) is 36.1 Å². The Balaban J connectivity index is 1.81. The van der Waals surface area contributed by atoms with Crippen molar-refractivity contribution in [2.75, 3.05) is 11.4 Å². The highest BCUT2D eigenvalue weighted by Gasteiger charge is 2.35. The molecule has 0 radical (unpaired) electrons. The van der Waals surface area contributed by atoms with Gasteiger partial charge in [-0.25, -0.2) is 0 Å². The molecule has 116 valence electrons. The Bertz CT molecular complexity index is 678. The molecule has 1 fully saturated rings. The minimum atomic E-state index is -0.0111. The minimum Gasteiger partial charge on any atom is -0.339 e. The largest absolute Gasteiger partial charge is 0.339 e. The summed E-state index contributed by atoms with van der Waals surface area (Å²) < 4.78 is 5.29. The maximum absolute atomic E-state index is 12.4. The fraction of sp³-hybridized carbons (Fsp3) is 0.471. The van der Waals surface area contributed by atoms with Crippen molar-refractivity contribution < 1.29 is 9.32 Å². The van der Waals surface area contributed by atoms with Crippen molar-refractivity contribution in [2.24, 2.45) is 0 Å². The van der Waals surface area contributed by atoms with Gasteiger partial charge in [0.05, 0.1) is 5.92 Å². The molecule has 0 bridgehead atoms. The van der Waals surface area contributed by atoms with Crippen LogP contribution in [-0.4, -0.2) is 22.6 Å². The highest BCUT2D eigenvalue weighted by atomic mass is 16.5. The molecule has 1 aromatic carbocycles. The summed E-state index contributed by atoms with van der Waals surface area (Å²) in [6.07, 6.45) is 1.17. The maximum atomic E-state index is 12.4. The summed E-state index contributed by atoms with van der Waals surface area (Å²) in [6.45, 7) is 6.89. The lowest BCUT2D eigenvalue weighted by Crippen LogP contribution is -2.24. The zero-order chi connectivity index (χ0) is 15.7. The van der Waals surface area contributed by atoms with Crippen molar-refractivity contribution in [3.8, 4) is 0 Å². The van der Waals surface area contributed by atoms with E-state index >= 15 is 0 Å². The Morgan fingerprint density at radius 2 is 2.23 bits per heavy atom. The van der Waals surface area contributed by atoms with Gasteiger partial charge in [0.1, 0.15) is 0 Å². The standard InChI is InChI=1S/C17H21N3O2/c1-4-15-18-17(22-19-15)13-9-16(21)20(10-13)14-7-5-6-12(8-14)11(2)3/h5-8,11,13H,4,9-10H2,1-3H3. The number of aryl methyl sites for hydroxylation is 1. The van der Waals surface area contributed by atoms with Crippen LogP contribution in [0.5, 0.6) is 0 Å². The molecule has 1 aliphatic heterocycles. The molecule has 22 heavy (non-hydrogen) atoms. The highest BCUT2D eigenvalue weighted by Crippen LogP contribution is 2.32. The molecule has 0 aliphatic carbocycles. The first-order valence-electron chi connectivity index (χ1n) is 7.81. The van der Waals surface area contributed by atoms with Crippen molar-refractivity contribution in [3.63, 3.8) is 0 Å². The summed E-state index contributed by atoms with van der Waals surface area (Å²) in [6, 6.07) is 8.18. The monoisotopic (exact) mass is 299 g/mol. The van der Waals surface area contributed by atoms with Gasteiger partial charge in [0, 0.05) is 25.1 Å². The van der Waals surface area contributed by atoms with Gasteiger partial charge in [-0.05, 0) is 23.6 Å². The first-order chi connectivity index (χ1) is 10.6. The van der Waals surface area contributed by atoms with Crippen molar-refractivity contribution >= 4 is 11.6 Å². The van der Waals surface area contributed by atoms with Gasteiger partial charge < -0.3 is 9.42 Å². The van der Waals surface area contributed by atoms with E-state index in [1.165, 1.54) is 5.56 Å². The summed E-state index contributed by atoms with van der Waals surface area (Å²) >= 11 is 0. The number of rotatable bonds is 4. The third kappa shape index (κ3) is 2.75. The Morgan fingerprint density at radius 1 is 1.41 bits per heavy atom. The van der Waals surface area contributed by atoms with Crippen molar-refractivity contribution in [1.29, 1.82) is 0 Å². The fourth-order valence-corrected chi connectivity index (χ4v) is 2.75. The molecule has 0 saturated carbocycles. The third-order valence-electron chi connectivity index (χ3n) is 4.12. The molecule has 2 aromatic rings. The van der Waals surface area contributed by atoms with E-state index in [1.54, 1.807) is 0 Å². The van der Waals surface area contributed by atoms with E-state index in [4.69, 9.17) is 4.52 Å². The summed E-state index contributed by atoms with van der Waals surface area (Å²) in [7, 11) is 0. The Kier molecular flexibility index (Phi) is 3.96. The molecular formula is C17H21N3O2. The van der Waals surface area contributed by atoms with Gasteiger partial charge in [-0.1, -0.05) is 38.1 Å². The Labute approximate surface area is 130 Å². The first kappa shape index (κ1) is 14.8. The number of benzene rings is 1. The number of carbonyl (C=O) groups is 1. The van der Waals surface area contributed by atoms with Crippen LogP contribution in [0.25, 0.3) is 0 Å². The second-order valence-corrected chi connectivity index (χ2v) is 6.06. The molecule has 0 N–H and O–H groups in total. The number of hydrogen-bond acceptors (Lipinski definition) is 4. The molecule has 1 aliphatic rings. The van der Waals surface area contributed by atoms with Crippen LogP contribution in [-0.2, 0) is 11.2 Å². The van der Waals surface area contributed by atoms with E-state index in [0.29, 0.717) is 30.6 Å². The number of aromatic nitrogens is 2. The zero-order valence-corrected chi connectivity index (χ0v) is 13.2. The van der Waals surface area contributed by atoms with Crippen LogP contribution in [0.15, 0.2) is 28.8 Å². The molecule has 5 heteroatoms. The fourth-order valence-electron chi connectivity index (χ4n) is 2.75. The smallest absolute Gasteiger partial charge is 0.232 e. The maximum Gasteiger partial charge on any atom is 0.232 e. The molecule has 5 nitrogen and oxygen atoms in total. The molecule has 2 heterocycles. The quantitative estimate of drug-likeness (QED) is 0.869. The average Bonchev–Trinajstić information content (AvgIpc) is 3.13. The SMILES string of the molecule is CCc1noc(C2CC(=O)N(c3cccc(C(C)C)c3)C2)n1. The van der Waals surface area contributed by atoms with Crippen LogP contribution in [0.4, 0.5) is 5.69 Å². The minimum absolute atomic E-state index is 0.0111. The van der Waals surface area contributed by atoms with Gasteiger partial charge in [-0.3, -0.25) is 4.79 Å². The molecule has 1 saturated heterocycles. The van der Waals surface area contributed by atoms with Gasteiger partial charge >= 0.3 is 0 Å². The van der Waals surface area contributed by atoms with E-state index in [1.807, 2.05) is 24.0 Å². The van der Waals surface area contributed by atoms with Crippen LogP contribution in [0, 0.1) is 0 Å². The normalized spacial score (nSPS) is 18.5. The average molecular weight is 299 g/mol. The number of amides is 1. The molecule has 3 rings (SSSR count). The van der Waals surface area contributed by atoms with Gasteiger partial charge in [0.25, 0.3) is 0 Å². The predicted octanol–water partition coefficient (Wildman–Crippen LogP) is 3.28. The lowest BCUT2D eigenvalue weighted by Gasteiger charge is -2.18. The summed E-state index contributed by atoms with van der Waals surface area (Å²) in [5.41, 5.74) is 2.19. The lowest BCUT2D eigenvalue weighted by atomic mass is 10.0. The van der Waals surface area contributed by atoms with Gasteiger partial charge in [-0.15, -0.1) is 0 Å². The number of nitrogens with zero attached hydrogens (tertiary/aromatic N) is 3. The van der Waals surface area contributed by atoms with Crippen molar-refractivity contribution in [3.05, 3.63) is 41.5 Å². The zero-order valence-electron chi connectivity index (χ0n) is 13.2. The number of carbonyl (C=O) groups excluding carboxylic acids is 1. The van der Waals surface area contributed by atoms with Gasteiger partial charge in [0.15, 0.2) is 5.82 Å². The van der Waals surface area contributed by atoms with Gasteiger partial charge in [-0.2, -0.15) is 4.98 Å². The Hall–Kier alpha value is -2.17. The van der Waals surface area contributed by atoms with Crippen LogP contribution >= 0.6 is 0 Å². The summed E-state index contributed by atoms with van der Waals surface area (Å²) in [5.74, 6) is 1.82. The topological polar surface area (TPSA) is 59.2 Å². The van der Waals surface area contributed by atoms with Crippen LogP contribution in [0.1, 0.15) is 56.3 Å². The van der Waals surface area contributed by atoms with Crippen LogP contribution < -0.4 is 4.90 Å². The van der Waals surface area contributed by atoms with Crippen molar-refractivity contribution in [1.82, 2.24) is 10.1 Å². The molecule has 1 atom stereocenters. The number of anilines is 1. The second-order valence-electron chi connectivity index (χ2n) is 6.06. The summed E-state index contributed by atoms with van der Waals surface area (Å²) in [4.78, 5) is 18.5. The van der Waals surface area contributed by atoms with Crippen LogP contribution in [0.2, 0.25) is 0 Å². The van der Waals surface area contributed by atoms with E-state index in [9.17, 15) is 4.79 Å². The molecule has 1 aromatic heterocycles. The Morgan fingerprint density at radius 3 is 2.91 bits per heavy atom. The number of hydrogen-bond donors (Lipinski definition) is 0. The third-order valence-corrected chi connectivity index (χ3v) is 4.12. The van der Waals surface area contributed by atoms with Crippen molar-refractivity contribution in [2.45, 2.75) is 45.4 Å². The van der Waals surface area contributed by atoms with Crippen LogP contribution in [0.3, 0.4) is 0 Å². The molecule has 1 unspecified atom stereocenters. The first-order valence-corrected chi connectivity index (χ1v) is 7.81. The summed E-state index contributed by atoms with van der Waals surface area (Å²) in [5, 5.41) is 3.92. The van der Waals surface area contributed by atoms with E-state index in [0.717, 1.165) is 12.1 Å². The second kappa shape index (κ2) is 5.91. The molecule has 0 spiro atoms. The molecular weight excluding hydrogens is 278 g/mol. The van der Waals surface area contributed by atoms with E-state index in [-0.39, 0.29) is 11.8 Å². The van der Waals surface area contributed by atoms with Gasteiger partial charge in [0.2, 0.25) is 11.8 Å². The van der Waals surface area contributed by atoms with E-state index < -0.39 is 0 Å². The molecule has 1 amide bonds. The highest BCUT2D eigenvalue weighted by molar-refractivity contribution is 5.96. The predicted molar refractivity (Wildman–Crippen MR) is 83.9 cm³/mol. The lowest BCUT2D eigenvalue weighted by molar-refractivity contribution is -0.117.